The quantitative estimate of drug-likeness (QED) is 0.274. The molecule has 0 fully saturated rings. The number of nitrogens with zero attached hydrogens (tertiary/aromatic N) is 4. The van der Waals surface area contributed by atoms with Crippen molar-refractivity contribution in [1.82, 2.24) is 19.1 Å². The van der Waals surface area contributed by atoms with Crippen molar-refractivity contribution < 1.29 is 0 Å². The molecule has 0 saturated carbocycles. The van der Waals surface area contributed by atoms with Crippen LogP contribution in [-0.2, 0) is 6.54 Å². The van der Waals surface area contributed by atoms with Gasteiger partial charge in [0.1, 0.15) is 5.82 Å². The lowest BCUT2D eigenvalue weighted by Crippen LogP contribution is -2.24. The van der Waals surface area contributed by atoms with Crippen LogP contribution in [0.4, 0.5) is 0 Å². The number of halogens is 1. The highest BCUT2D eigenvalue weighted by Crippen LogP contribution is 2.26. The number of hydrogen-bond donors (Lipinski definition) is 0. The first kappa shape index (κ1) is 22.0. The van der Waals surface area contributed by atoms with Crippen LogP contribution >= 0.6 is 11.6 Å². The summed E-state index contributed by atoms with van der Waals surface area (Å²) in [5.41, 5.74) is 5.50. The largest absolute Gasteiger partial charge is 0.320 e. The minimum atomic E-state index is -0.183. The van der Waals surface area contributed by atoms with E-state index in [2.05, 4.69) is 17.1 Å². The standard InChI is InChI=1S/C30H21ClN4O/c31-25-15-17-26(18-16-25)35-29(24-13-11-23(12-14-24)22-9-5-2-6-10-22)33-28-27(30(35)36)34(20-32-28)19-21-7-3-1-4-8-21/h1-18,20H,19H2. The number of hydrogen-bond acceptors (Lipinski definition) is 3. The number of fused-ring (bicyclic) bond motifs is 1. The van der Waals surface area contributed by atoms with Crippen LogP contribution in [0.3, 0.4) is 0 Å². The Hall–Kier alpha value is -4.48. The Morgan fingerprint density at radius 2 is 1.31 bits per heavy atom. The normalized spacial score (nSPS) is 11.1. The Kier molecular flexibility index (Phi) is 5.68. The summed E-state index contributed by atoms with van der Waals surface area (Å²) in [5.74, 6) is 0.527. The molecule has 0 aliphatic rings. The fourth-order valence-electron chi connectivity index (χ4n) is 4.39. The van der Waals surface area contributed by atoms with Crippen LogP contribution in [0.2, 0.25) is 5.02 Å². The number of benzene rings is 4. The lowest BCUT2D eigenvalue weighted by atomic mass is 10.0. The van der Waals surface area contributed by atoms with Gasteiger partial charge >= 0.3 is 0 Å². The molecule has 0 aliphatic heterocycles. The summed E-state index contributed by atoms with van der Waals surface area (Å²) in [7, 11) is 0. The van der Waals surface area contributed by atoms with Gasteiger partial charge in [-0.3, -0.25) is 9.36 Å². The summed E-state index contributed by atoms with van der Waals surface area (Å²) in [6, 6.07) is 35.4. The van der Waals surface area contributed by atoms with E-state index < -0.39 is 0 Å². The van der Waals surface area contributed by atoms with Crippen LogP contribution in [0.5, 0.6) is 0 Å². The van der Waals surface area contributed by atoms with Gasteiger partial charge in [-0.15, -0.1) is 0 Å². The van der Waals surface area contributed by atoms with Crippen molar-refractivity contribution in [2.24, 2.45) is 0 Å². The number of imidazole rings is 1. The van der Waals surface area contributed by atoms with Crippen molar-refractivity contribution in [3.8, 4) is 28.2 Å². The molecule has 2 heterocycles. The smallest absolute Gasteiger partial charge is 0.284 e. The monoisotopic (exact) mass is 488 g/mol. The topological polar surface area (TPSA) is 52.7 Å². The molecule has 0 bridgehead atoms. The van der Waals surface area contributed by atoms with Crippen LogP contribution in [-0.4, -0.2) is 19.1 Å². The first-order valence-electron chi connectivity index (χ1n) is 11.6. The molecule has 4 aromatic carbocycles. The summed E-state index contributed by atoms with van der Waals surface area (Å²) in [5, 5.41) is 0.601. The molecule has 0 radical (unpaired) electrons. The molecule has 2 aromatic heterocycles. The van der Waals surface area contributed by atoms with Gasteiger partial charge < -0.3 is 4.57 Å². The van der Waals surface area contributed by atoms with Gasteiger partial charge in [0.05, 0.1) is 12.0 Å². The lowest BCUT2D eigenvalue weighted by Gasteiger charge is -2.14. The summed E-state index contributed by atoms with van der Waals surface area (Å²) in [6.45, 7) is 0.528. The molecule has 0 saturated heterocycles. The van der Waals surface area contributed by atoms with E-state index in [4.69, 9.17) is 16.6 Å². The summed E-state index contributed by atoms with van der Waals surface area (Å²) >= 11 is 6.15. The maximum Gasteiger partial charge on any atom is 0.284 e. The maximum absolute atomic E-state index is 14.0. The van der Waals surface area contributed by atoms with E-state index in [1.54, 1.807) is 23.0 Å². The molecule has 0 atom stereocenters. The SMILES string of the molecule is O=c1c2c(ncn2Cc2ccccc2)nc(-c2ccc(-c3ccccc3)cc2)n1-c1ccc(Cl)cc1. The molecule has 5 nitrogen and oxygen atoms in total. The van der Waals surface area contributed by atoms with Gasteiger partial charge in [-0.1, -0.05) is 96.5 Å². The van der Waals surface area contributed by atoms with Crippen LogP contribution in [0.15, 0.2) is 120 Å². The van der Waals surface area contributed by atoms with Crippen molar-refractivity contribution in [3.05, 3.63) is 136 Å². The van der Waals surface area contributed by atoms with E-state index in [1.807, 2.05) is 89.5 Å². The van der Waals surface area contributed by atoms with E-state index >= 15 is 0 Å². The molecule has 0 spiro atoms. The zero-order valence-corrected chi connectivity index (χ0v) is 20.0. The third kappa shape index (κ3) is 4.10. The minimum Gasteiger partial charge on any atom is -0.320 e. The van der Waals surface area contributed by atoms with E-state index in [0.29, 0.717) is 34.2 Å². The van der Waals surface area contributed by atoms with Crippen LogP contribution in [0.1, 0.15) is 5.56 Å². The molecule has 0 N–H and O–H groups in total. The molecule has 0 unspecified atom stereocenters. The molecule has 0 amide bonds. The van der Waals surface area contributed by atoms with Gasteiger partial charge in [0.25, 0.3) is 5.56 Å². The van der Waals surface area contributed by atoms with Crippen LogP contribution in [0, 0.1) is 0 Å². The van der Waals surface area contributed by atoms with Gasteiger partial charge in [0, 0.05) is 17.1 Å². The highest BCUT2D eigenvalue weighted by molar-refractivity contribution is 6.30. The van der Waals surface area contributed by atoms with Crippen molar-refractivity contribution >= 4 is 22.8 Å². The minimum absolute atomic E-state index is 0.183. The highest BCUT2D eigenvalue weighted by Gasteiger charge is 2.18. The maximum atomic E-state index is 14.0. The second kappa shape index (κ2) is 9.29. The molecule has 6 heteroatoms. The first-order valence-corrected chi connectivity index (χ1v) is 12.0. The average molecular weight is 489 g/mol. The third-order valence-corrected chi connectivity index (χ3v) is 6.43. The van der Waals surface area contributed by atoms with Crippen molar-refractivity contribution in [2.75, 3.05) is 0 Å². The fraction of sp³-hybridized carbons (Fsp3) is 0.0333. The lowest BCUT2D eigenvalue weighted by molar-refractivity contribution is 0.814. The Labute approximate surface area is 212 Å². The Balaban J connectivity index is 1.53. The average Bonchev–Trinajstić information content (AvgIpc) is 3.33. The Morgan fingerprint density at radius 1 is 0.694 bits per heavy atom. The van der Waals surface area contributed by atoms with Crippen molar-refractivity contribution in [2.45, 2.75) is 6.54 Å². The third-order valence-electron chi connectivity index (χ3n) is 6.18. The van der Waals surface area contributed by atoms with Gasteiger partial charge in [-0.25, -0.2) is 9.97 Å². The molecule has 6 aromatic rings. The highest BCUT2D eigenvalue weighted by atomic mass is 35.5. The molecular formula is C30H21ClN4O. The van der Waals surface area contributed by atoms with E-state index in [-0.39, 0.29) is 5.56 Å². The van der Waals surface area contributed by atoms with E-state index in [1.165, 1.54) is 0 Å². The predicted molar refractivity (Wildman–Crippen MR) is 145 cm³/mol. The summed E-state index contributed by atoms with van der Waals surface area (Å²) in [6.07, 6.45) is 1.68. The second-order valence-corrected chi connectivity index (χ2v) is 8.96. The molecule has 6 rings (SSSR count). The zero-order valence-electron chi connectivity index (χ0n) is 19.3. The van der Waals surface area contributed by atoms with Crippen molar-refractivity contribution in [1.29, 1.82) is 0 Å². The van der Waals surface area contributed by atoms with Gasteiger partial charge in [-0.2, -0.15) is 0 Å². The van der Waals surface area contributed by atoms with Crippen LogP contribution < -0.4 is 5.56 Å². The Bertz CT molecular complexity index is 1710. The summed E-state index contributed by atoms with van der Waals surface area (Å²) in [4.78, 5) is 23.4. The van der Waals surface area contributed by atoms with Gasteiger partial charge in [-0.05, 0) is 41.0 Å². The van der Waals surface area contributed by atoms with Gasteiger partial charge in [0.15, 0.2) is 11.2 Å². The fourth-order valence-corrected chi connectivity index (χ4v) is 4.52. The predicted octanol–water partition coefficient (Wildman–Crippen LogP) is 6.62. The Morgan fingerprint density at radius 3 is 2.00 bits per heavy atom. The van der Waals surface area contributed by atoms with Crippen molar-refractivity contribution in [3.63, 3.8) is 0 Å². The van der Waals surface area contributed by atoms with E-state index in [9.17, 15) is 4.79 Å². The van der Waals surface area contributed by atoms with E-state index in [0.717, 1.165) is 22.3 Å². The van der Waals surface area contributed by atoms with Crippen LogP contribution in [0.25, 0.3) is 39.4 Å². The van der Waals surface area contributed by atoms with Gasteiger partial charge in [0.2, 0.25) is 0 Å². The molecular weight excluding hydrogens is 468 g/mol. The molecule has 36 heavy (non-hydrogen) atoms. The second-order valence-electron chi connectivity index (χ2n) is 8.53. The molecule has 174 valence electrons. The number of aromatic nitrogens is 4. The zero-order chi connectivity index (χ0) is 24.5. The molecule has 0 aliphatic carbocycles. The first-order chi connectivity index (χ1) is 17.7. The number of rotatable bonds is 5. The summed E-state index contributed by atoms with van der Waals surface area (Å²) < 4.78 is 3.49.